The summed E-state index contributed by atoms with van der Waals surface area (Å²) in [6.07, 6.45) is 0. The quantitative estimate of drug-likeness (QED) is 0.429. The molecule has 0 atom stereocenters. The van der Waals surface area contributed by atoms with Crippen LogP contribution in [0, 0.1) is 0 Å². The largest absolute Gasteiger partial charge is 0.348 e. The lowest BCUT2D eigenvalue weighted by Crippen LogP contribution is -2.24. The smallest absolute Gasteiger partial charge is 0.267 e. The van der Waals surface area contributed by atoms with E-state index in [4.69, 9.17) is 0 Å². The number of benzene rings is 1. The highest BCUT2D eigenvalue weighted by atomic mass is 16.2. The van der Waals surface area contributed by atoms with Crippen molar-refractivity contribution in [3.63, 3.8) is 0 Å². The van der Waals surface area contributed by atoms with Gasteiger partial charge >= 0.3 is 0 Å². The molecule has 0 aliphatic carbocycles. The maximum atomic E-state index is 12.2. The molecule has 0 radical (unpaired) electrons. The van der Waals surface area contributed by atoms with E-state index in [1.165, 1.54) is 13.8 Å². The summed E-state index contributed by atoms with van der Waals surface area (Å²) in [5.74, 6) is -0.857. The molecule has 0 spiro atoms. The van der Waals surface area contributed by atoms with E-state index < -0.39 is 0 Å². The number of rotatable bonds is 8. The van der Waals surface area contributed by atoms with Crippen LogP contribution < -0.4 is 10.6 Å². The second kappa shape index (κ2) is 9.04. The highest BCUT2D eigenvalue weighted by molar-refractivity contribution is 5.98. The van der Waals surface area contributed by atoms with Crippen LogP contribution in [0.1, 0.15) is 66.9 Å². The van der Waals surface area contributed by atoms with Crippen molar-refractivity contribution < 1.29 is 19.2 Å². The van der Waals surface area contributed by atoms with Crippen LogP contribution in [0.25, 0.3) is 0 Å². The van der Waals surface area contributed by atoms with Crippen molar-refractivity contribution in [2.75, 3.05) is 0 Å². The van der Waals surface area contributed by atoms with Gasteiger partial charge in [-0.15, -0.1) is 0 Å². The van der Waals surface area contributed by atoms with Gasteiger partial charge in [-0.05, 0) is 35.4 Å². The molecule has 0 unspecified atom stereocenters. The summed E-state index contributed by atoms with van der Waals surface area (Å²) in [5.41, 5.74) is 3.24. The summed E-state index contributed by atoms with van der Waals surface area (Å²) in [6.45, 7) is 3.52. The first-order chi connectivity index (χ1) is 14.3. The highest BCUT2D eigenvalue weighted by Crippen LogP contribution is 2.07. The van der Waals surface area contributed by atoms with Crippen molar-refractivity contribution in [3.05, 3.63) is 82.4 Å². The maximum absolute atomic E-state index is 12.2. The molecule has 2 amide bonds. The minimum absolute atomic E-state index is 0.132. The summed E-state index contributed by atoms with van der Waals surface area (Å²) in [6, 6.07) is 13.7. The first-order valence-corrected chi connectivity index (χ1v) is 9.37. The van der Waals surface area contributed by atoms with Gasteiger partial charge in [0.1, 0.15) is 11.4 Å². The number of ketones is 2. The van der Waals surface area contributed by atoms with Crippen molar-refractivity contribution in [2.24, 2.45) is 0 Å². The Morgan fingerprint density at radius 1 is 0.600 bits per heavy atom. The van der Waals surface area contributed by atoms with Crippen LogP contribution in [0.2, 0.25) is 0 Å². The number of hydrogen-bond acceptors (Lipinski definition) is 4. The van der Waals surface area contributed by atoms with E-state index in [9.17, 15) is 19.2 Å². The van der Waals surface area contributed by atoms with Gasteiger partial charge in [-0.2, -0.15) is 0 Å². The Balaban J connectivity index is 1.49. The Bertz CT molecular complexity index is 1010. The van der Waals surface area contributed by atoms with Gasteiger partial charge in [0.05, 0.1) is 11.4 Å². The Morgan fingerprint density at radius 2 is 0.933 bits per heavy atom. The van der Waals surface area contributed by atoms with E-state index in [0.717, 1.165) is 11.1 Å². The van der Waals surface area contributed by atoms with Crippen molar-refractivity contribution >= 4 is 23.4 Å². The molecule has 30 heavy (non-hydrogen) atoms. The molecule has 0 saturated heterocycles. The number of aromatic nitrogens is 2. The molecule has 2 heterocycles. The maximum Gasteiger partial charge on any atom is 0.267 e. The van der Waals surface area contributed by atoms with Crippen molar-refractivity contribution in [1.82, 2.24) is 20.6 Å². The standard InChI is InChI=1S/C22H22N4O4/c1-13(27)17-7-9-19(25-17)21(29)23-11-15-3-5-16(6-4-15)12-24-22(30)20-10-8-18(26-20)14(2)28/h3-10,25-26H,11-12H2,1-2H3,(H,23,29)(H,24,30). The molecule has 154 valence electrons. The number of carbonyl (C=O) groups excluding carboxylic acids is 4. The molecule has 8 heteroatoms. The van der Waals surface area contributed by atoms with E-state index in [1.54, 1.807) is 24.3 Å². The molecule has 0 fully saturated rings. The molecule has 8 nitrogen and oxygen atoms in total. The fourth-order valence-electron chi connectivity index (χ4n) is 2.80. The minimum Gasteiger partial charge on any atom is -0.348 e. The van der Waals surface area contributed by atoms with Crippen LogP contribution in [0.3, 0.4) is 0 Å². The highest BCUT2D eigenvalue weighted by Gasteiger charge is 2.11. The van der Waals surface area contributed by atoms with E-state index in [2.05, 4.69) is 20.6 Å². The zero-order valence-corrected chi connectivity index (χ0v) is 16.7. The fraction of sp³-hybridized carbons (Fsp3) is 0.182. The Hall–Kier alpha value is -3.94. The van der Waals surface area contributed by atoms with Gasteiger partial charge in [-0.25, -0.2) is 0 Å². The number of amides is 2. The second-order valence-corrected chi connectivity index (χ2v) is 6.87. The van der Waals surface area contributed by atoms with Gasteiger partial charge in [0.2, 0.25) is 0 Å². The van der Waals surface area contributed by atoms with Crippen LogP contribution in [0.4, 0.5) is 0 Å². The van der Waals surface area contributed by atoms with Gasteiger partial charge < -0.3 is 20.6 Å². The van der Waals surface area contributed by atoms with E-state index in [-0.39, 0.29) is 23.4 Å². The topological polar surface area (TPSA) is 124 Å². The Kier molecular flexibility index (Phi) is 6.26. The molecular formula is C22H22N4O4. The number of hydrogen-bond donors (Lipinski definition) is 4. The molecule has 2 aromatic heterocycles. The van der Waals surface area contributed by atoms with Gasteiger partial charge in [-0.3, -0.25) is 19.2 Å². The third-order valence-corrected chi connectivity index (χ3v) is 4.55. The number of nitrogens with one attached hydrogen (secondary N) is 4. The lowest BCUT2D eigenvalue weighted by molar-refractivity contribution is 0.0937. The first-order valence-electron chi connectivity index (χ1n) is 9.37. The molecular weight excluding hydrogens is 384 g/mol. The normalized spacial score (nSPS) is 10.5. The number of H-pyrrole nitrogens is 2. The first kappa shape index (κ1) is 20.8. The minimum atomic E-state index is -0.297. The van der Waals surface area contributed by atoms with E-state index in [0.29, 0.717) is 35.9 Å². The Morgan fingerprint density at radius 3 is 1.23 bits per heavy atom. The second-order valence-electron chi connectivity index (χ2n) is 6.87. The van der Waals surface area contributed by atoms with Crippen molar-refractivity contribution in [3.8, 4) is 0 Å². The summed E-state index contributed by atoms with van der Waals surface area (Å²) in [5, 5.41) is 5.57. The van der Waals surface area contributed by atoms with Crippen LogP contribution in [-0.2, 0) is 13.1 Å². The molecule has 0 bridgehead atoms. The molecule has 3 rings (SSSR count). The SMILES string of the molecule is CC(=O)c1ccc(C(=O)NCc2ccc(CNC(=O)c3ccc(C(C)=O)[nH]3)cc2)[nH]1. The Labute approximate surface area is 173 Å². The molecule has 0 aliphatic rings. The summed E-state index contributed by atoms with van der Waals surface area (Å²) in [7, 11) is 0. The van der Waals surface area contributed by atoms with Crippen LogP contribution >= 0.6 is 0 Å². The van der Waals surface area contributed by atoms with Gasteiger partial charge in [0.15, 0.2) is 11.6 Å². The number of Topliss-reactive ketones (excluding diaryl/α,β-unsaturated/α-hetero) is 2. The van der Waals surface area contributed by atoms with E-state index >= 15 is 0 Å². The summed E-state index contributed by atoms with van der Waals surface area (Å²) in [4.78, 5) is 52.5. The summed E-state index contributed by atoms with van der Waals surface area (Å²) >= 11 is 0. The fourth-order valence-corrected chi connectivity index (χ4v) is 2.80. The molecule has 0 saturated carbocycles. The van der Waals surface area contributed by atoms with Gasteiger partial charge in [-0.1, -0.05) is 24.3 Å². The van der Waals surface area contributed by atoms with E-state index in [1.807, 2.05) is 24.3 Å². The third kappa shape index (κ3) is 5.11. The molecule has 3 aromatic rings. The van der Waals surface area contributed by atoms with Crippen molar-refractivity contribution in [1.29, 1.82) is 0 Å². The molecule has 4 N–H and O–H groups in total. The van der Waals surface area contributed by atoms with Crippen molar-refractivity contribution in [2.45, 2.75) is 26.9 Å². The van der Waals surface area contributed by atoms with Crippen LogP contribution in [-0.4, -0.2) is 33.3 Å². The zero-order valence-electron chi connectivity index (χ0n) is 16.7. The predicted molar refractivity (Wildman–Crippen MR) is 110 cm³/mol. The van der Waals surface area contributed by atoms with Gasteiger partial charge in [0.25, 0.3) is 11.8 Å². The number of carbonyl (C=O) groups is 4. The van der Waals surface area contributed by atoms with Crippen LogP contribution in [0.5, 0.6) is 0 Å². The van der Waals surface area contributed by atoms with Gasteiger partial charge in [0, 0.05) is 26.9 Å². The third-order valence-electron chi connectivity index (χ3n) is 4.55. The summed E-state index contributed by atoms with van der Waals surface area (Å²) < 4.78 is 0. The lowest BCUT2D eigenvalue weighted by Gasteiger charge is -2.07. The predicted octanol–water partition coefficient (Wildman–Crippen LogP) is 2.61. The molecule has 1 aromatic carbocycles. The zero-order chi connectivity index (χ0) is 21.7. The monoisotopic (exact) mass is 406 g/mol. The number of aromatic amines is 2. The average Bonchev–Trinajstić information content (AvgIpc) is 3.41. The lowest BCUT2D eigenvalue weighted by atomic mass is 10.1. The average molecular weight is 406 g/mol. The van der Waals surface area contributed by atoms with Crippen LogP contribution in [0.15, 0.2) is 48.5 Å². The molecule has 0 aliphatic heterocycles.